The maximum absolute atomic E-state index is 5.83. The second-order valence-corrected chi connectivity index (χ2v) is 5.79. The summed E-state index contributed by atoms with van der Waals surface area (Å²) in [6, 6.07) is 8.85. The maximum atomic E-state index is 5.83. The van der Waals surface area contributed by atoms with E-state index < -0.39 is 0 Å². The van der Waals surface area contributed by atoms with Gasteiger partial charge in [0.1, 0.15) is 5.75 Å². The monoisotopic (exact) mass is 287 g/mol. The van der Waals surface area contributed by atoms with Crippen molar-refractivity contribution in [1.29, 1.82) is 0 Å². The molecule has 1 atom stereocenters. The SMILES string of the molecule is CCCNC(CC1=CCCCC1)c1ccccc1OCC. The minimum Gasteiger partial charge on any atom is -0.494 e. The zero-order chi connectivity index (χ0) is 14.9. The van der Waals surface area contributed by atoms with Gasteiger partial charge in [-0.05, 0) is 58.1 Å². The summed E-state index contributed by atoms with van der Waals surface area (Å²) in [7, 11) is 0. The molecule has 21 heavy (non-hydrogen) atoms. The molecule has 0 amide bonds. The van der Waals surface area contributed by atoms with Crippen LogP contribution in [0.2, 0.25) is 0 Å². The summed E-state index contributed by atoms with van der Waals surface area (Å²) in [5, 5.41) is 3.71. The van der Waals surface area contributed by atoms with E-state index in [2.05, 4.69) is 49.5 Å². The molecule has 2 heteroatoms. The largest absolute Gasteiger partial charge is 0.494 e. The van der Waals surface area contributed by atoms with Crippen molar-refractivity contribution >= 4 is 0 Å². The van der Waals surface area contributed by atoms with Gasteiger partial charge in [0.2, 0.25) is 0 Å². The third-order valence-corrected chi connectivity index (χ3v) is 4.09. The molecule has 1 N–H and O–H groups in total. The lowest BCUT2D eigenvalue weighted by molar-refractivity contribution is 0.330. The van der Waals surface area contributed by atoms with Gasteiger partial charge >= 0.3 is 0 Å². The molecule has 116 valence electrons. The molecule has 0 radical (unpaired) electrons. The van der Waals surface area contributed by atoms with Crippen molar-refractivity contribution in [3.8, 4) is 5.75 Å². The van der Waals surface area contributed by atoms with E-state index in [1.807, 2.05) is 0 Å². The molecule has 0 spiro atoms. The summed E-state index contributed by atoms with van der Waals surface area (Å²) < 4.78 is 5.83. The van der Waals surface area contributed by atoms with E-state index in [1.54, 1.807) is 5.57 Å². The molecule has 0 fully saturated rings. The lowest BCUT2D eigenvalue weighted by Crippen LogP contribution is -2.23. The van der Waals surface area contributed by atoms with E-state index in [0.29, 0.717) is 6.04 Å². The number of nitrogens with one attached hydrogen (secondary N) is 1. The minimum absolute atomic E-state index is 0.372. The van der Waals surface area contributed by atoms with Gasteiger partial charge in [0.15, 0.2) is 0 Å². The van der Waals surface area contributed by atoms with Crippen LogP contribution in [0.4, 0.5) is 0 Å². The number of allylic oxidation sites excluding steroid dienone is 1. The Balaban J connectivity index is 2.16. The van der Waals surface area contributed by atoms with E-state index in [-0.39, 0.29) is 0 Å². The van der Waals surface area contributed by atoms with E-state index >= 15 is 0 Å². The van der Waals surface area contributed by atoms with Gasteiger partial charge in [0.25, 0.3) is 0 Å². The molecule has 0 bridgehead atoms. The second-order valence-electron chi connectivity index (χ2n) is 5.79. The van der Waals surface area contributed by atoms with Crippen molar-refractivity contribution in [3.63, 3.8) is 0 Å². The second kappa shape index (κ2) is 8.89. The van der Waals surface area contributed by atoms with E-state index in [4.69, 9.17) is 4.74 Å². The maximum Gasteiger partial charge on any atom is 0.124 e. The number of para-hydroxylation sites is 1. The molecule has 1 aromatic rings. The van der Waals surface area contributed by atoms with Crippen LogP contribution >= 0.6 is 0 Å². The number of ether oxygens (including phenoxy) is 1. The first-order valence-corrected chi connectivity index (χ1v) is 8.48. The highest BCUT2D eigenvalue weighted by atomic mass is 16.5. The molecule has 1 aromatic carbocycles. The fourth-order valence-corrected chi connectivity index (χ4v) is 3.02. The molecule has 2 rings (SSSR count). The Hall–Kier alpha value is -1.28. The van der Waals surface area contributed by atoms with Gasteiger partial charge in [-0.3, -0.25) is 0 Å². The van der Waals surface area contributed by atoms with E-state index in [9.17, 15) is 0 Å². The van der Waals surface area contributed by atoms with Crippen molar-refractivity contribution in [2.45, 2.75) is 58.4 Å². The van der Waals surface area contributed by atoms with Gasteiger partial charge < -0.3 is 10.1 Å². The van der Waals surface area contributed by atoms with Gasteiger partial charge in [0, 0.05) is 11.6 Å². The standard InChI is InChI=1S/C19H29NO/c1-3-14-20-18(15-16-10-6-5-7-11-16)17-12-8-9-13-19(17)21-4-2/h8-10,12-13,18,20H,3-7,11,14-15H2,1-2H3. The lowest BCUT2D eigenvalue weighted by atomic mass is 9.91. The summed E-state index contributed by atoms with van der Waals surface area (Å²) in [6.07, 6.45) is 9.94. The predicted octanol–water partition coefficient (Wildman–Crippen LogP) is 5.02. The smallest absolute Gasteiger partial charge is 0.124 e. The molecule has 0 saturated heterocycles. The Labute approximate surface area is 129 Å². The first-order chi connectivity index (χ1) is 10.3. The highest BCUT2D eigenvalue weighted by Crippen LogP contribution is 2.32. The van der Waals surface area contributed by atoms with Gasteiger partial charge in [-0.25, -0.2) is 0 Å². The van der Waals surface area contributed by atoms with Crippen LogP contribution in [0.1, 0.15) is 64.0 Å². The predicted molar refractivity (Wildman–Crippen MR) is 89.8 cm³/mol. The highest BCUT2D eigenvalue weighted by molar-refractivity contribution is 5.37. The normalized spacial score (nSPS) is 16.4. The Morgan fingerprint density at radius 1 is 1.19 bits per heavy atom. The molecule has 1 aliphatic carbocycles. The van der Waals surface area contributed by atoms with Gasteiger partial charge in [0.05, 0.1) is 6.61 Å². The zero-order valence-corrected chi connectivity index (χ0v) is 13.5. The molecule has 0 aliphatic heterocycles. The number of hydrogen-bond acceptors (Lipinski definition) is 2. The fourth-order valence-electron chi connectivity index (χ4n) is 3.02. The van der Waals surface area contributed by atoms with E-state index in [0.717, 1.165) is 31.7 Å². The van der Waals surface area contributed by atoms with Crippen LogP contribution in [0.25, 0.3) is 0 Å². The summed E-state index contributed by atoms with van der Waals surface area (Å²) in [6.45, 7) is 6.05. The highest BCUT2D eigenvalue weighted by Gasteiger charge is 2.17. The molecule has 0 saturated carbocycles. The summed E-state index contributed by atoms with van der Waals surface area (Å²) >= 11 is 0. The minimum atomic E-state index is 0.372. The van der Waals surface area contributed by atoms with Gasteiger partial charge in [-0.15, -0.1) is 0 Å². The molecular weight excluding hydrogens is 258 g/mol. The Kier molecular flexibility index (Phi) is 6.81. The first kappa shape index (κ1) is 16.1. The lowest BCUT2D eigenvalue weighted by Gasteiger charge is -2.24. The van der Waals surface area contributed by atoms with Crippen LogP contribution in [-0.2, 0) is 0 Å². The Bertz CT molecular complexity index is 453. The Morgan fingerprint density at radius 2 is 2.05 bits per heavy atom. The average molecular weight is 287 g/mol. The first-order valence-electron chi connectivity index (χ1n) is 8.48. The summed E-state index contributed by atoms with van der Waals surface area (Å²) in [5.74, 6) is 1.03. The third kappa shape index (κ3) is 4.89. The van der Waals surface area contributed by atoms with Crippen LogP contribution in [0.3, 0.4) is 0 Å². The number of hydrogen-bond donors (Lipinski definition) is 1. The molecular formula is C19H29NO. The van der Waals surface area contributed by atoms with Crippen molar-refractivity contribution in [2.75, 3.05) is 13.2 Å². The van der Waals surface area contributed by atoms with Crippen molar-refractivity contribution in [2.24, 2.45) is 0 Å². The van der Waals surface area contributed by atoms with Crippen LogP contribution in [0.5, 0.6) is 5.75 Å². The zero-order valence-electron chi connectivity index (χ0n) is 13.5. The van der Waals surface area contributed by atoms with Crippen LogP contribution < -0.4 is 10.1 Å². The van der Waals surface area contributed by atoms with Crippen molar-refractivity contribution in [1.82, 2.24) is 5.32 Å². The van der Waals surface area contributed by atoms with Gasteiger partial charge in [-0.2, -0.15) is 0 Å². The molecule has 2 nitrogen and oxygen atoms in total. The number of benzene rings is 1. The van der Waals surface area contributed by atoms with Crippen molar-refractivity contribution in [3.05, 3.63) is 41.5 Å². The number of rotatable bonds is 8. The van der Waals surface area contributed by atoms with Crippen LogP contribution in [0, 0.1) is 0 Å². The van der Waals surface area contributed by atoms with Crippen LogP contribution in [-0.4, -0.2) is 13.2 Å². The van der Waals surface area contributed by atoms with Gasteiger partial charge in [-0.1, -0.05) is 36.8 Å². The topological polar surface area (TPSA) is 21.3 Å². The van der Waals surface area contributed by atoms with Crippen molar-refractivity contribution < 1.29 is 4.74 Å². The molecule has 0 aromatic heterocycles. The summed E-state index contributed by atoms with van der Waals surface area (Å²) in [5.41, 5.74) is 2.92. The Morgan fingerprint density at radius 3 is 2.76 bits per heavy atom. The molecule has 1 unspecified atom stereocenters. The van der Waals surface area contributed by atoms with E-state index in [1.165, 1.54) is 31.2 Å². The quantitative estimate of drug-likeness (QED) is 0.678. The third-order valence-electron chi connectivity index (χ3n) is 4.09. The fraction of sp³-hybridized carbons (Fsp3) is 0.579. The molecule has 0 heterocycles. The van der Waals surface area contributed by atoms with Crippen LogP contribution in [0.15, 0.2) is 35.9 Å². The summed E-state index contributed by atoms with van der Waals surface area (Å²) in [4.78, 5) is 0. The average Bonchev–Trinajstić information content (AvgIpc) is 2.53. The molecule has 1 aliphatic rings.